The van der Waals surface area contributed by atoms with Gasteiger partial charge in [-0.3, -0.25) is 4.90 Å². The highest BCUT2D eigenvalue weighted by Crippen LogP contribution is 2.28. The van der Waals surface area contributed by atoms with E-state index in [1.54, 1.807) is 6.26 Å². The van der Waals surface area contributed by atoms with Gasteiger partial charge in [0.15, 0.2) is 5.76 Å². The van der Waals surface area contributed by atoms with Crippen molar-refractivity contribution in [1.82, 2.24) is 10.1 Å². The van der Waals surface area contributed by atoms with Crippen molar-refractivity contribution in [2.45, 2.75) is 18.5 Å². The summed E-state index contributed by atoms with van der Waals surface area (Å²) in [5.74, 6) is 1.73. The number of hydrogen-bond acceptors (Lipinski definition) is 5. The molecular formula is C18H20ClN3O2. The average Bonchev–Trinajstić information content (AvgIpc) is 3.29. The molecule has 1 aromatic carbocycles. The van der Waals surface area contributed by atoms with E-state index < -0.39 is 0 Å². The average molecular weight is 346 g/mol. The Kier molecular flexibility index (Phi) is 5.04. The molecule has 2 aromatic heterocycles. The Labute approximate surface area is 146 Å². The van der Waals surface area contributed by atoms with Crippen molar-refractivity contribution in [1.29, 1.82) is 0 Å². The number of rotatable bonds is 4. The Bertz CT molecular complexity index is 758. The van der Waals surface area contributed by atoms with E-state index in [2.05, 4.69) is 34.3 Å². The molecule has 0 radical (unpaired) electrons. The van der Waals surface area contributed by atoms with Crippen molar-refractivity contribution < 1.29 is 8.94 Å². The fraction of sp³-hybridized carbons (Fsp3) is 0.278. The minimum absolute atomic E-state index is 0. The van der Waals surface area contributed by atoms with Crippen molar-refractivity contribution in [2.24, 2.45) is 5.73 Å². The van der Waals surface area contributed by atoms with E-state index in [0.29, 0.717) is 17.4 Å². The van der Waals surface area contributed by atoms with Gasteiger partial charge in [0, 0.05) is 37.7 Å². The molecule has 0 unspecified atom stereocenters. The van der Waals surface area contributed by atoms with Crippen molar-refractivity contribution in [3.8, 4) is 11.5 Å². The molecule has 1 aliphatic heterocycles. The van der Waals surface area contributed by atoms with Crippen molar-refractivity contribution in [2.75, 3.05) is 13.1 Å². The van der Waals surface area contributed by atoms with Crippen LogP contribution >= 0.6 is 12.4 Å². The van der Waals surface area contributed by atoms with Gasteiger partial charge in [-0.05, 0) is 17.7 Å². The molecule has 1 fully saturated rings. The lowest BCUT2D eigenvalue weighted by Crippen LogP contribution is -2.28. The van der Waals surface area contributed by atoms with Crippen LogP contribution in [0.4, 0.5) is 0 Å². The van der Waals surface area contributed by atoms with E-state index in [4.69, 9.17) is 14.7 Å². The van der Waals surface area contributed by atoms with Crippen LogP contribution in [0.3, 0.4) is 0 Å². The molecule has 126 valence electrons. The number of nitrogens with two attached hydrogens (primary N) is 1. The summed E-state index contributed by atoms with van der Waals surface area (Å²) < 4.78 is 10.7. The van der Waals surface area contributed by atoms with E-state index in [1.165, 1.54) is 5.56 Å². The zero-order chi connectivity index (χ0) is 15.6. The first-order chi connectivity index (χ1) is 11.3. The quantitative estimate of drug-likeness (QED) is 0.785. The topological polar surface area (TPSA) is 68.4 Å². The second-order valence-electron chi connectivity index (χ2n) is 6.03. The minimum Gasteiger partial charge on any atom is -0.461 e. The first kappa shape index (κ1) is 16.8. The van der Waals surface area contributed by atoms with E-state index in [9.17, 15) is 0 Å². The second kappa shape index (κ2) is 7.21. The van der Waals surface area contributed by atoms with Gasteiger partial charge in [-0.25, -0.2) is 0 Å². The molecule has 0 bridgehead atoms. The van der Waals surface area contributed by atoms with Gasteiger partial charge in [0.1, 0.15) is 0 Å². The molecule has 6 heteroatoms. The molecule has 4 rings (SSSR count). The van der Waals surface area contributed by atoms with E-state index in [-0.39, 0.29) is 18.4 Å². The number of furan rings is 1. The summed E-state index contributed by atoms with van der Waals surface area (Å²) in [7, 11) is 0. The zero-order valence-corrected chi connectivity index (χ0v) is 14.0. The molecule has 3 aromatic rings. The van der Waals surface area contributed by atoms with Crippen LogP contribution in [0.5, 0.6) is 0 Å². The lowest BCUT2D eigenvalue weighted by atomic mass is 9.95. The first-order valence-corrected chi connectivity index (χ1v) is 7.82. The van der Waals surface area contributed by atoms with Crippen LogP contribution in [0.1, 0.15) is 17.2 Å². The van der Waals surface area contributed by atoms with Crippen LogP contribution in [0.15, 0.2) is 63.7 Å². The van der Waals surface area contributed by atoms with Crippen LogP contribution in [0.2, 0.25) is 0 Å². The summed E-state index contributed by atoms with van der Waals surface area (Å²) in [6.45, 7) is 2.54. The fourth-order valence-corrected chi connectivity index (χ4v) is 3.25. The smallest absolute Gasteiger partial charge is 0.202 e. The first-order valence-electron chi connectivity index (χ1n) is 7.82. The van der Waals surface area contributed by atoms with Crippen molar-refractivity contribution >= 4 is 12.4 Å². The van der Waals surface area contributed by atoms with Gasteiger partial charge in [0.05, 0.1) is 12.0 Å². The van der Waals surface area contributed by atoms with E-state index >= 15 is 0 Å². The van der Waals surface area contributed by atoms with Crippen molar-refractivity contribution in [3.05, 3.63) is 66.1 Å². The Morgan fingerprint density at radius 3 is 2.67 bits per heavy atom. The zero-order valence-electron chi connectivity index (χ0n) is 13.2. The fourth-order valence-electron chi connectivity index (χ4n) is 3.25. The highest BCUT2D eigenvalue weighted by atomic mass is 35.5. The van der Waals surface area contributed by atoms with Crippen molar-refractivity contribution in [3.63, 3.8) is 0 Å². The minimum atomic E-state index is 0. The van der Waals surface area contributed by atoms with Crippen LogP contribution in [0.25, 0.3) is 11.5 Å². The van der Waals surface area contributed by atoms with E-state index in [1.807, 2.05) is 24.3 Å². The van der Waals surface area contributed by atoms with Gasteiger partial charge in [-0.1, -0.05) is 35.5 Å². The van der Waals surface area contributed by atoms with Crippen LogP contribution in [0, 0.1) is 0 Å². The number of benzene rings is 1. The van der Waals surface area contributed by atoms with Crippen LogP contribution < -0.4 is 5.73 Å². The normalized spacial score (nSPS) is 20.9. The lowest BCUT2D eigenvalue weighted by Gasteiger charge is -2.14. The highest BCUT2D eigenvalue weighted by molar-refractivity contribution is 5.85. The van der Waals surface area contributed by atoms with Gasteiger partial charge < -0.3 is 14.7 Å². The second-order valence-corrected chi connectivity index (χ2v) is 6.03. The third-order valence-electron chi connectivity index (χ3n) is 4.38. The molecule has 0 aliphatic carbocycles. The Morgan fingerprint density at radius 1 is 1.08 bits per heavy atom. The maximum absolute atomic E-state index is 6.34. The number of aromatic nitrogens is 1. The van der Waals surface area contributed by atoms with Gasteiger partial charge in [0.25, 0.3) is 0 Å². The molecule has 1 saturated heterocycles. The Balaban J connectivity index is 0.00000169. The highest BCUT2D eigenvalue weighted by Gasteiger charge is 2.31. The van der Waals surface area contributed by atoms with Crippen LogP contribution in [-0.4, -0.2) is 29.2 Å². The Hall–Kier alpha value is -2.08. The third kappa shape index (κ3) is 3.38. The van der Waals surface area contributed by atoms with Gasteiger partial charge >= 0.3 is 0 Å². The number of likely N-dealkylation sites (tertiary alicyclic amines) is 1. The molecule has 2 atom stereocenters. The SMILES string of the molecule is Cl.N[C@@H]1CN(Cc2cc(-c3ccco3)on2)C[C@H]1c1ccccc1. The molecule has 24 heavy (non-hydrogen) atoms. The molecule has 0 saturated carbocycles. The number of halogens is 1. The summed E-state index contributed by atoms with van der Waals surface area (Å²) in [5, 5.41) is 4.14. The summed E-state index contributed by atoms with van der Waals surface area (Å²) in [6, 6.07) is 16.2. The number of hydrogen-bond donors (Lipinski definition) is 1. The lowest BCUT2D eigenvalue weighted by molar-refractivity contribution is 0.308. The summed E-state index contributed by atoms with van der Waals surface area (Å²) in [6.07, 6.45) is 1.63. The standard InChI is InChI=1S/C18H19N3O2.ClH/c19-16-12-21(11-15(16)13-5-2-1-3-6-13)10-14-9-18(23-20-14)17-7-4-8-22-17;/h1-9,15-16H,10-12,19H2;1H/t15-,16+;/m0./s1. The predicted molar refractivity (Wildman–Crippen MR) is 93.9 cm³/mol. The molecule has 3 heterocycles. The third-order valence-corrected chi connectivity index (χ3v) is 4.38. The maximum Gasteiger partial charge on any atom is 0.202 e. The Morgan fingerprint density at radius 2 is 1.92 bits per heavy atom. The molecule has 1 aliphatic rings. The van der Waals surface area contributed by atoms with E-state index in [0.717, 1.165) is 25.3 Å². The van der Waals surface area contributed by atoms with Crippen LogP contribution in [-0.2, 0) is 6.54 Å². The molecule has 5 nitrogen and oxygen atoms in total. The maximum atomic E-state index is 6.34. The molecular weight excluding hydrogens is 326 g/mol. The molecule has 0 spiro atoms. The largest absolute Gasteiger partial charge is 0.461 e. The summed E-state index contributed by atoms with van der Waals surface area (Å²) in [5.41, 5.74) is 8.54. The molecule has 2 N–H and O–H groups in total. The predicted octanol–water partition coefficient (Wildman–Crippen LogP) is 3.28. The summed E-state index contributed by atoms with van der Waals surface area (Å²) >= 11 is 0. The number of nitrogens with zero attached hydrogens (tertiary/aromatic N) is 2. The molecule has 0 amide bonds. The summed E-state index contributed by atoms with van der Waals surface area (Å²) in [4.78, 5) is 2.33. The monoisotopic (exact) mass is 345 g/mol. The van der Waals surface area contributed by atoms with Gasteiger partial charge in [-0.2, -0.15) is 0 Å². The van der Waals surface area contributed by atoms with Gasteiger partial charge in [0.2, 0.25) is 5.76 Å². The van der Waals surface area contributed by atoms with Gasteiger partial charge in [-0.15, -0.1) is 12.4 Å².